The lowest BCUT2D eigenvalue weighted by Crippen LogP contribution is -2.32. The fourth-order valence-electron chi connectivity index (χ4n) is 3.17. The highest BCUT2D eigenvalue weighted by Crippen LogP contribution is 2.26. The molecule has 1 amide bonds. The number of aromatic nitrogens is 2. The molecule has 0 aliphatic heterocycles. The van der Waals surface area contributed by atoms with Gasteiger partial charge in [0.2, 0.25) is 5.91 Å². The van der Waals surface area contributed by atoms with E-state index in [0.717, 1.165) is 27.3 Å². The zero-order valence-corrected chi connectivity index (χ0v) is 15.2. The molecule has 4 nitrogen and oxygen atoms in total. The summed E-state index contributed by atoms with van der Waals surface area (Å²) in [4.78, 5) is 18.5. The van der Waals surface area contributed by atoms with Crippen LogP contribution in [0.15, 0.2) is 72.1 Å². The van der Waals surface area contributed by atoms with Gasteiger partial charge in [-0.15, -0.1) is 11.3 Å². The number of hydrogen-bond donors (Lipinski definition) is 1. The summed E-state index contributed by atoms with van der Waals surface area (Å²) >= 11 is 1.65. The first-order valence-corrected chi connectivity index (χ1v) is 9.40. The number of nitrogens with one attached hydrogen (secondary N) is 1. The summed E-state index contributed by atoms with van der Waals surface area (Å²) in [5.41, 5.74) is 2.97. The summed E-state index contributed by atoms with van der Waals surface area (Å²) in [6, 6.07) is 21.9. The van der Waals surface area contributed by atoms with Crippen molar-refractivity contribution in [3.05, 3.63) is 88.4 Å². The van der Waals surface area contributed by atoms with Gasteiger partial charge in [0.1, 0.15) is 12.4 Å². The second-order valence-corrected chi connectivity index (χ2v) is 7.14. The van der Waals surface area contributed by atoms with Crippen LogP contribution in [-0.4, -0.2) is 15.5 Å². The van der Waals surface area contributed by atoms with E-state index in [4.69, 9.17) is 0 Å². The highest BCUT2D eigenvalue weighted by atomic mass is 32.1. The van der Waals surface area contributed by atoms with Gasteiger partial charge in [-0.25, -0.2) is 4.98 Å². The number of hydrogen-bond acceptors (Lipinski definition) is 3. The second kappa shape index (κ2) is 7.14. The molecule has 2 aromatic carbocycles. The molecule has 2 aromatic heterocycles. The molecule has 0 saturated heterocycles. The molecule has 26 heavy (non-hydrogen) atoms. The Balaban J connectivity index is 1.60. The maximum Gasteiger partial charge on any atom is 0.240 e. The van der Waals surface area contributed by atoms with Gasteiger partial charge < -0.3 is 9.88 Å². The van der Waals surface area contributed by atoms with Crippen molar-refractivity contribution in [3.63, 3.8) is 0 Å². The molecular formula is C21H19N3OS. The molecule has 0 saturated carbocycles. The van der Waals surface area contributed by atoms with Gasteiger partial charge in [-0.1, -0.05) is 48.5 Å². The third kappa shape index (κ3) is 3.26. The maximum absolute atomic E-state index is 12.8. The fourth-order valence-corrected chi connectivity index (χ4v) is 3.97. The number of carbonyl (C=O) groups is 1. The lowest BCUT2D eigenvalue weighted by Gasteiger charge is -2.18. The highest BCUT2D eigenvalue weighted by molar-refractivity contribution is 7.10. The van der Waals surface area contributed by atoms with Gasteiger partial charge in [0.05, 0.1) is 17.1 Å². The molecule has 4 rings (SSSR count). The number of fused-ring (bicyclic) bond motifs is 1. The van der Waals surface area contributed by atoms with Crippen molar-refractivity contribution < 1.29 is 4.79 Å². The molecule has 0 aliphatic carbocycles. The number of thiophene rings is 1. The Bertz CT molecular complexity index is 1020. The summed E-state index contributed by atoms with van der Waals surface area (Å²) in [5.74, 6) is 0.812. The van der Waals surface area contributed by atoms with Crippen molar-refractivity contribution in [1.82, 2.24) is 14.9 Å². The van der Waals surface area contributed by atoms with Crippen LogP contribution < -0.4 is 5.32 Å². The minimum Gasteiger partial charge on any atom is -0.343 e. The second-order valence-electron chi connectivity index (χ2n) is 6.16. The molecule has 4 aromatic rings. The van der Waals surface area contributed by atoms with E-state index in [9.17, 15) is 4.79 Å². The molecule has 0 aliphatic rings. The normalized spacial score (nSPS) is 12.2. The average Bonchev–Trinajstić information content (AvgIpc) is 3.29. The first-order chi connectivity index (χ1) is 12.7. The van der Waals surface area contributed by atoms with Gasteiger partial charge in [0.25, 0.3) is 0 Å². The number of para-hydroxylation sites is 2. The lowest BCUT2D eigenvalue weighted by atomic mass is 10.1. The number of nitrogens with zero attached hydrogens (tertiary/aromatic N) is 2. The van der Waals surface area contributed by atoms with Crippen molar-refractivity contribution in [3.8, 4) is 0 Å². The molecule has 1 unspecified atom stereocenters. The van der Waals surface area contributed by atoms with Crippen LogP contribution in [0.25, 0.3) is 11.0 Å². The van der Waals surface area contributed by atoms with Crippen LogP contribution in [0.5, 0.6) is 0 Å². The Morgan fingerprint density at radius 3 is 2.62 bits per heavy atom. The summed E-state index contributed by atoms with van der Waals surface area (Å²) < 4.78 is 1.96. The van der Waals surface area contributed by atoms with Crippen molar-refractivity contribution in [2.45, 2.75) is 19.5 Å². The monoisotopic (exact) mass is 361 g/mol. The minimum atomic E-state index is -0.140. The van der Waals surface area contributed by atoms with Gasteiger partial charge in [0.15, 0.2) is 0 Å². The molecule has 5 heteroatoms. The predicted octanol–water partition coefficient (Wildman–Crippen LogP) is 4.31. The predicted molar refractivity (Wildman–Crippen MR) is 105 cm³/mol. The summed E-state index contributed by atoms with van der Waals surface area (Å²) in [6.07, 6.45) is 0. The van der Waals surface area contributed by atoms with Crippen LogP contribution in [0.2, 0.25) is 0 Å². The summed E-state index contributed by atoms with van der Waals surface area (Å²) in [6.45, 7) is 2.18. The van der Waals surface area contributed by atoms with Crippen LogP contribution in [0.3, 0.4) is 0 Å². The van der Waals surface area contributed by atoms with Crippen LogP contribution in [0.1, 0.15) is 22.3 Å². The van der Waals surface area contributed by atoms with E-state index >= 15 is 0 Å². The molecule has 0 fully saturated rings. The smallest absolute Gasteiger partial charge is 0.240 e. The number of rotatable bonds is 5. The minimum absolute atomic E-state index is 0.0292. The fraction of sp³-hybridized carbons (Fsp3) is 0.143. The first kappa shape index (κ1) is 16.5. The molecule has 2 heterocycles. The zero-order valence-electron chi connectivity index (χ0n) is 14.4. The largest absolute Gasteiger partial charge is 0.343 e. The van der Waals surface area contributed by atoms with Gasteiger partial charge in [-0.2, -0.15) is 0 Å². The lowest BCUT2D eigenvalue weighted by molar-refractivity contribution is -0.122. The Hall–Kier alpha value is -2.92. The van der Waals surface area contributed by atoms with E-state index in [1.807, 2.05) is 77.5 Å². The molecule has 1 N–H and O–H groups in total. The number of aryl methyl sites for hydroxylation is 1. The van der Waals surface area contributed by atoms with Crippen LogP contribution in [0, 0.1) is 6.92 Å². The third-order valence-corrected chi connectivity index (χ3v) is 5.35. The van der Waals surface area contributed by atoms with E-state index < -0.39 is 0 Å². The Morgan fingerprint density at radius 2 is 1.85 bits per heavy atom. The number of benzene rings is 2. The standard InChI is InChI=1S/C21H19N3OS/c1-15-22-17-10-5-6-11-18(17)24(15)14-20(25)23-21(19-12-7-13-26-19)16-8-3-2-4-9-16/h2-13,21H,14H2,1H3,(H,23,25). The van der Waals surface area contributed by atoms with E-state index in [2.05, 4.69) is 16.4 Å². The van der Waals surface area contributed by atoms with Crippen molar-refractivity contribution in [2.75, 3.05) is 0 Å². The molecule has 1 atom stereocenters. The van der Waals surface area contributed by atoms with Gasteiger partial charge in [-0.05, 0) is 36.1 Å². The molecule has 130 valence electrons. The van der Waals surface area contributed by atoms with Crippen LogP contribution in [0.4, 0.5) is 0 Å². The van der Waals surface area contributed by atoms with E-state index in [-0.39, 0.29) is 18.5 Å². The zero-order chi connectivity index (χ0) is 17.9. The summed E-state index contributed by atoms with van der Waals surface area (Å²) in [5, 5.41) is 5.22. The SMILES string of the molecule is Cc1nc2ccccc2n1CC(=O)NC(c1ccccc1)c1cccs1. The number of amides is 1. The molecular weight excluding hydrogens is 342 g/mol. The Kier molecular flexibility index (Phi) is 4.54. The molecule has 0 bridgehead atoms. The highest BCUT2D eigenvalue weighted by Gasteiger charge is 2.19. The van der Waals surface area contributed by atoms with Crippen molar-refractivity contribution in [2.24, 2.45) is 0 Å². The van der Waals surface area contributed by atoms with E-state index in [1.165, 1.54) is 0 Å². The van der Waals surface area contributed by atoms with Gasteiger partial charge in [-0.3, -0.25) is 4.79 Å². The van der Waals surface area contributed by atoms with Crippen LogP contribution in [-0.2, 0) is 11.3 Å². The Labute approximate surface area is 156 Å². The first-order valence-electron chi connectivity index (χ1n) is 8.52. The Morgan fingerprint density at radius 1 is 1.08 bits per heavy atom. The molecule has 0 spiro atoms. The van der Waals surface area contributed by atoms with Crippen molar-refractivity contribution >= 4 is 28.3 Å². The van der Waals surface area contributed by atoms with E-state index in [0.29, 0.717) is 0 Å². The third-order valence-electron chi connectivity index (χ3n) is 4.41. The average molecular weight is 361 g/mol. The van der Waals surface area contributed by atoms with Crippen LogP contribution >= 0.6 is 11.3 Å². The topological polar surface area (TPSA) is 46.9 Å². The van der Waals surface area contributed by atoms with Crippen molar-refractivity contribution in [1.29, 1.82) is 0 Å². The number of carbonyl (C=O) groups excluding carboxylic acids is 1. The number of imidazole rings is 1. The van der Waals surface area contributed by atoms with E-state index in [1.54, 1.807) is 11.3 Å². The summed E-state index contributed by atoms with van der Waals surface area (Å²) in [7, 11) is 0. The quantitative estimate of drug-likeness (QED) is 0.576. The van der Waals surface area contributed by atoms with Gasteiger partial charge >= 0.3 is 0 Å². The molecule has 0 radical (unpaired) electrons. The van der Waals surface area contributed by atoms with Gasteiger partial charge in [0, 0.05) is 4.88 Å². The maximum atomic E-state index is 12.8.